The van der Waals surface area contributed by atoms with Crippen LogP contribution in [0, 0.1) is 0 Å². The van der Waals surface area contributed by atoms with Crippen LogP contribution in [0.4, 0.5) is 0 Å². The molecule has 0 spiro atoms. The Morgan fingerprint density at radius 2 is 1.80 bits per heavy atom. The molecule has 0 amide bonds. The molecule has 6 heteroatoms. The SMILES string of the molecule is Br.CCCCCCCCCC(=O)OCC(C)c1ncccc1C(=O)O. The van der Waals surface area contributed by atoms with E-state index < -0.39 is 5.97 Å². The first-order valence-electron chi connectivity index (χ1n) is 8.90. The van der Waals surface area contributed by atoms with Crippen LogP contribution in [0.15, 0.2) is 18.3 Å². The number of rotatable bonds is 12. The molecule has 0 aliphatic heterocycles. The van der Waals surface area contributed by atoms with Gasteiger partial charge in [-0.15, -0.1) is 17.0 Å². The van der Waals surface area contributed by atoms with Crippen molar-refractivity contribution in [3.8, 4) is 0 Å². The Morgan fingerprint density at radius 1 is 1.16 bits per heavy atom. The molecule has 0 fully saturated rings. The lowest BCUT2D eigenvalue weighted by Crippen LogP contribution is -2.15. The minimum atomic E-state index is -1.01. The molecule has 0 aliphatic carbocycles. The largest absolute Gasteiger partial charge is 0.478 e. The highest BCUT2D eigenvalue weighted by Gasteiger charge is 2.18. The quantitative estimate of drug-likeness (QED) is 0.377. The number of ether oxygens (including phenoxy) is 1. The van der Waals surface area contributed by atoms with Crippen molar-refractivity contribution in [2.24, 2.45) is 0 Å². The predicted octanol–water partition coefficient (Wildman–Crippen LogP) is 5.15. The van der Waals surface area contributed by atoms with Crippen LogP contribution in [0.1, 0.15) is 87.2 Å². The Balaban J connectivity index is 0.00000576. The summed E-state index contributed by atoms with van der Waals surface area (Å²) in [7, 11) is 0. The number of esters is 1. The number of aromatic nitrogens is 1. The van der Waals surface area contributed by atoms with Gasteiger partial charge in [-0.2, -0.15) is 0 Å². The van der Waals surface area contributed by atoms with Gasteiger partial charge in [0, 0.05) is 18.5 Å². The third-order valence-electron chi connectivity index (χ3n) is 4.01. The molecular formula is C19H30BrNO4. The van der Waals surface area contributed by atoms with E-state index in [0.717, 1.165) is 12.8 Å². The average Bonchev–Trinajstić information content (AvgIpc) is 2.58. The van der Waals surface area contributed by atoms with Crippen molar-refractivity contribution in [3.05, 3.63) is 29.6 Å². The molecule has 25 heavy (non-hydrogen) atoms. The summed E-state index contributed by atoms with van der Waals surface area (Å²) in [6.07, 6.45) is 10.1. The van der Waals surface area contributed by atoms with Crippen LogP contribution in [-0.4, -0.2) is 28.6 Å². The van der Waals surface area contributed by atoms with Crippen molar-refractivity contribution in [3.63, 3.8) is 0 Å². The predicted molar refractivity (Wildman–Crippen MR) is 104 cm³/mol. The summed E-state index contributed by atoms with van der Waals surface area (Å²) < 4.78 is 5.27. The summed E-state index contributed by atoms with van der Waals surface area (Å²) in [5.41, 5.74) is 0.613. The molecule has 0 radical (unpaired) electrons. The Hall–Kier alpha value is -1.43. The van der Waals surface area contributed by atoms with Crippen molar-refractivity contribution in [2.45, 2.75) is 71.1 Å². The maximum atomic E-state index is 11.8. The fourth-order valence-electron chi connectivity index (χ4n) is 2.59. The van der Waals surface area contributed by atoms with Crippen LogP contribution in [0.25, 0.3) is 0 Å². The topological polar surface area (TPSA) is 76.5 Å². The Labute approximate surface area is 161 Å². The van der Waals surface area contributed by atoms with E-state index in [0.29, 0.717) is 12.1 Å². The second-order valence-electron chi connectivity index (χ2n) is 6.20. The van der Waals surface area contributed by atoms with Gasteiger partial charge in [-0.1, -0.05) is 52.4 Å². The molecule has 0 aromatic carbocycles. The molecule has 1 aromatic heterocycles. The Bertz CT molecular complexity index is 522. The second kappa shape index (κ2) is 13.8. The van der Waals surface area contributed by atoms with Gasteiger partial charge in [-0.05, 0) is 18.6 Å². The van der Waals surface area contributed by atoms with Crippen LogP contribution >= 0.6 is 17.0 Å². The lowest BCUT2D eigenvalue weighted by Gasteiger charge is -2.13. The number of carboxylic acid groups (broad SMARTS) is 1. The standard InChI is InChI=1S/C19H29NO4.BrH/c1-3-4-5-6-7-8-9-12-17(21)24-14-15(2)18-16(19(22)23)11-10-13-20-18;/h10-11,13,15H,3-9,12,14H2,1-2H3,(H,22,23);1H. The molecule has 1 atom stereocenters. The minimum absolute atomic E-state index is 0. The van der Waals surface area contributed by atoms with Crippen LogP contribution in [0.2, 0.25) is 0 Å². The normalized spacial score (nSPS) is 11.4. The molecule has 1 rings (SSSR count). The fraction of sp³-hybridized carbons (Fsp3) is 0.632. The fourth-order valence-corrected chi connectivity index (χ4v) is 2.59. The molecule has 0 saturated heterocycles. The first-order valence-corrected chi connectivity index (χ1v) is 8.90. The maximum Gasteiger partial charge on any atom is 0.337 e. The number of unbranched alkanes of at least 4 members (excludes halogenated alkanes) is 6. The molecule has 5 nitrogen and oxygen atoms in total. The van der Waals surface area contributed by atoms with Gasteiger partial charge < -0.3 is 9.84 Å². The molecule has 1 N–H and O–H groups in total. The summed E-state index contributed by atoms with van der Waals surface area (Å²) in [6, 6.07) is 3.10. The third-order valence-corrected chi connectivity index (χ3v) is 4.01. The van der Waals surface area contributed by atoms with Gasteiger partial charge in [0.15, 0.2) is 0 Å². The van der Waals surface area contributed by atoms with Crippen LogP contribution in [-0.2, 0) is 9.53 Å². The molecule has 1 unspecified atom stereocenters. The van der Waals surface area contributed by atoms with E-state index >= 15 is 0 Å². The lowest BCUT2D eigenvalue weighted by molar-refractivity contribution is -0.144. The highest BCUT2D eigenvalue weighted by molar-refractivity contribution is 8.93. The number of aromatic carboxylic acids is 1. The van der Waals surface area contributed by atoms with E-state index in [9.17, 15) is 9.59 Å². The molecule has 142 valence electrons. The molecule has 0 bridgehead atoms. The molecule has 0 aliphatic rings. The first-order chi connectivity index (χ1) is 11.6. The Morgan fingerprint density at radius 3 is 2.44 bits per heavy atom. The van der Waals surface area contributed by atoms with Gasteiger partial charge in [0.05, 0.1) is 17.9 Å². The van der Waals surface area contributed by atoms with Crippen molar-refractivity contribution < 1.29 is 19.4 Å². The number of hydrogen-bond acceptors (Lipinski definition) is 4. The van der Waals surface area contributed by atoms with E-state index in [2.05, 4.69) is 11.9 Å². The van der Waals surface area contributed by atoms with Gasteiger partial charge in [-0.25, -0.2) is 4.79 Å². The summed E-state index contributed by atoms with van der Waals surface area (Å²) in [6.45, 7) is 4.17. The highest BCUT2D eigenvalue weighted by Crippen LogP contribution is 2.18. The summed E-state index contributed by atoms with van der Waals surface area (Å²) in [4.78, 5) is 27.1. The second-order valence-corrected chi connectivity index (χ2v) is 6.20. The van der Waals surface area contributed by atoms with Crippen molar-refractivity contribution in [1.82, 2.24) is 4.98 Å². The average molecular weight is 416 g/mol. The number of nitrogens with zero attached hydrogens (tertiary/aromatic N) is 1. The van der Waals surface area contributed by atoms with Gasteiger partial charge >= 0.3 is 11.9 Å². The highest BCUT2D eigenvalue weighted by atomic mass is 79.9. The number of halogens is 1. The number of pyridine rings is 1. The van der Waals surface area contributed by atoms with Gasteiger partial charge in [0.1, 0.15) is 0 Å². The van der Waals surface area contributed by atoms with Crippen LogP contribution in [0.5, 0.6) is 0 Å². The maximum absolute atomic E-state index is 11.8. The van der Waals surface area contributed by atoms with E-state index in [-0.39, 0.29) is 41.0 Å². The monoisotopic (exact) mass is 415 g/mol. The van der Waals surface area contributed by atoms with Crippen LogP contribution in [0.3, 0.4) is 0 Å². The summed E-state index contributed by atoms with van der Waals surface area (Å²) >= 11 is 0. The zero-order valence-electron chi connectivity index (χ0n) is 15.2. The molecular weight excluding hydrogens is 386 g/mol. The van der Waals surface area contributed by atoms with E-state index in [4.69, 9.17) is 9.84 Å². The van der Waals surface area contributed by atoms with Crippen molar-refractivity contribution in [1.29, 1.82) is 0 Å². The number of carbonyl (C=O) groups excluding carboxylic acids is 1. The Kier molecular flexibility index (Phi) is 13.0. The zero-order valence-corrected chi connectivity index (χ0v) is 16.9. The first kappa shape index (κ1) is 23.6. The van der Waals surface area contributed by atoms with E-state index in [1.165, 1.54) is 38.2 Å². The lowest BCUT2D eigenvalue weighted by atomic mass is 10.0. The van der Waals surface area contributed by atoms with E-state index in [1.54, 1.807) is 12.3 Å². The van der Waals surface area contributed by atoms with Gasteiger partial charge in [0.2, 0.25) is 0 Å². The van der Waals surface area contributed by atoms with Gasteiger partial charge in [-0.3, -0.25) is 9.78 Å². The summed E-state index contributed by atoms with van der Waals surface area (Å²) in [5, 5.41) is 9.16. The third kappa shape index (κ3) is 9.58. The number of carbonyl (C=O) groups is 2. The van der Waals surface area contributed by atoms with Crippen molar-refractivity contribution >= 4 is 28.9 Å². The van der Waals surface area contributed by atoms with Crippen molar-refractivity contribution in [2.75, 3.05) is 6.61 Å². The van der Waals surface area contributed by atoms with Gasteiger partial charge in [0.25, 0.3) is 0 Å². The smallest absolute Gasteiger partial charge is 0.337 e. The number of hydrogen-bond donors (Lipinski definition) is 1. The zero-order chi connectivity index (χ0) is 17.8. The van der Waals surface area contributed by atoms with E-state index in [1.807, 2.05) is 6.92 Å². The minimum Gasteiger partial charge on any atom is -0.478 e. The molecule has 1 aromatic rings. The van der Waals surface area contributed by atoms with Crippen LogP contribution < -0.4 is 0 Å². The number of carboxylic acids is 1. The molecule has 0 saturated carbocycles. The molecule has 1 heterocycles. The summed E-state index contributed by atoms with van der Waals surface area (Å²) in [5.74, 6) is -1.47.